The van der Waals surface area contributed by atoms with Gasteiger partial charge in [0.15, 0.2) is 0 Å². The largest absolute Gasteiger partial charge is 0.0654 e. The number of benzene rings is 2. The van der Waals surface area contributed by atoms with Crippen LogP contribution in [0.3, 0.4) is 0 Å². The van der Waals surface area contributed by atoms with Gasteiger partial charge >= 0.3 is 0 Å². The van der Waals surface area contributed by atoms with E-state index in [0.29, 0.717) is 0 Å². The number of rotatable bonds is 9. The molecule has 0 aliphatic carbocycles. The second-order valence-corrected chi connectivity index (χ2v) is 6.08. The van der Waals surface area contributed by atoms with Crippen molar-refractivity contribution in [2.45, 2.75) is 51.9 Å². The Kier molecular flexibility index (Phi) is 7.07. The summed E-state index contributed by atoms with van der Waals surface area (Å²) in [5.74, 6) is 0.844. The highest BCUT2D eigenvalue weighted by molar-refractivity contribution is 5.16. The van der Waals surface area contributed by atoms with Crippen molar-refractivity contribution < 1.29 is 0 Å². The van der Waals surface area contributed by atoms with Crippen LogP contribution >= 0.6 is 0 Å². The van der Waals surface area contributed by atoms with Gasteiger partial charge in [0, 0.05) is 0 Å². The first-order chi connectivity index (χ1) is 10.4. The number of unbranched alkanes of at least 4 members (excludes halogenated alkanes) is 1. The average Bonchev–Trinajstić information content (AvgIpc) is 2.54. The van der Waals surface area contributed by atoms with E-state index in [0.717, 1.165) is 5.92 Å². The van der Waals surface area contributed by atoms with Crippen LogP contribution in [0.4, 0.5) is 0 Å². The molecule has 0 fully saturated rings. The normalized spacial score (nSPS) is 12.2. The summed E-state index contributed by atoms with van der Waals surface area (Å²) >= 11 is 0. The fourth-order valence-corrected chi connectivity index (χ4v) is 3.03. The van der Waals surface area contributed by atoms with E-state index in [1.165, 1.54) is 56.1 Å². The number of hydrogen-bond acceptors (Lipinski definition) is 0. The Labute approximate surface area is 130 Å². The van der Waals surface area contributed by atoms with Crippen LogP contribution in [-0.2, 0) is 12.8 Å². The van der Waals surface area contributed by atoms with Crippen molar-refractivity contribution in [1.29, 1.82) is 0 Å². The molecule has 1 atom stereocenters. The summed E-state index contributed by atoms with van der Waals surface area (Å²) < 4.78 is 0. The molecule has 0 heterocycles. The Morgan fingerprint density at radius 1 is 0.714 bits per heavy atom. The molecule has 0 aromatic heterocycles. The highest BCUT2D eigenvalue weighted by Crippen LogP contribution is 2.21. The van der Waals surface area contributed by atoms with E-state index in [2.05, 4.69) is 67.6 Å². The maximum absolute atomic E-state index is 2.30. The lowest BCUT2D eigenvalue weighted by atomic mass is 9.89. The van der Waals surface area contributed by atoms with Gasteiger partial charge in [0.1, 0.15) is 0 Å². The van der Waals surface area contributed by atoms with Crippen LogP contribution in [0.2, 0.25) is 0 Å². The third-order valence-corrected chi connectivity index (χ3v) is 4.25. The average molecular weight is 280 g/mol. The molecule has 21 heavy (non-hydrogen) atoms. The van der Waals surface area contributed by atoms with Crippen LogP contribution in [0, 0.1) is 5.92 Å². The van der Waals surface area contributed by atoms with Crippen molar-refractivity contribution in [2.75, 3.05) is 0 Å². The monoisotopic (exact) mass is 280 g/mol. The van der Waals surface area contributed by atoms with E-state index in [4.69, 9.17) is 0 Å². The molecular weight excluding hydrogens is 252 g/mol. The molecule has 0 aliphatic heterocycles. The van der Waals surface area contributed by atoms with Crippen molar-refractivity contribution in [3.63, 3.8) is 0 Å². The third-order valence-electron chi connectivity index (χ3n) is 4.25. The van der Waals surface area contributed by atoms with Gasteiger partial charge in [0.2, 0.25) is 0 Å². The second kappa shape index (κ2) is 9.39. The molecule has 0 unspecified atom stereocenters. The smallest absolute Gasteiger partial charge is 0.0250 e. The van der Waals surface area contributed by atoms with E-state index in [1.807, 2.05) is 0 Å². The maximum atomic E-state index is 2.30. The molecule has 0 saturated carbocycles. The standard InChI is InChI=1S/C21H28/c1-2-3-11-20(18-21-14-8-5-9-15-21)17-10-16-19-12-6-4-7-13-19/h4-9,12-15,20H,2-3,10-11,16-18H2,1H3/t20-/m1/s1. The summed E-state index contributed by atoms with van der Waals surface area (Å²) in [7, 11) is 0. The van der Waals surface area contributed by atoms with Gasteiger partial charge in [-0.1, -0.05) is 86.8 Å². The van der Waals surface area contributed by atoms with Gasteiger partial charge in [0.25, 0.3) is 0 Å². The van der Waals surface area contributed by atoms with E-state index in [1.54, 1.807) is 0 Å². The van der Waals surface area contributed by atoms with Crippen LogP contribution in [0.25, 0.3) is 0 Å². The first kappa shape index (κ1) is 15.8. The minimum atomic E-state index is 0.844. The molecule has 2 aromatic carbocycles. The van der Waals surface area contributed by atoms with Crippen LogP contribution in [-0.4, -0.2) is 0 Å². The summed E-state index contributed by atoms with van der Waals surface area (Å²) in [6.45, 7) is 2.30. The minimum absolute atomic E-state index is 0.844. The molecule has 0 radical (unpaired) electrons. The molecule has 0 bridgehead atoms. The molecule has 0 aliphatic rings. The Bertz CT molecular complexity index is 472. The van der Waals surface area contributed by atoms with Gasteiger partial charge < -0.3 is 0 Å². The molecule has 2 rings (SSSR count). The zero-order valence-corrected chi connectivity index (χ0v) is 13.3. The van der Waals surface area contributed by atoms with Gasteiger partial charge in [-0.05, 0) is 42.7 Å². The van der Waals surface area contributed by atoms with Gasteiger partial charge in [-0.3, -0.25) is 0 Å². The second-order valence-electron chi connectivity index (χ2n) is 6.08. The molecular formula is C21H28. The van der Waals surface area contributed by atoms with E-state index in [9.17, 15) is 0 Å². The SMILES string of the molecule is CCCC[C@H](CCCc1ccccc1)Cc1ccccc1. The summed E-state index contributed by atoms with van der Waals surface area (Å²) in [5, 5.41) is 0. The Balaban J connectivity index is 1.81. The van der Waals surface area contributed by atoms with Crippen molar-refractivity contribution in [2.24, 2.45) is 5.92 Å². The molecule has 0 N–H and O–H groups in total. The zero-order valence-electron chi connectivity index (χ0n) is 13.3. The minimum Gasteiger partial charge on any atom is -0.0654 e. The molecule has 0 heteroatoms. The summed E-state index contributed by atoms with van der Waals surface area (Å²) in [6, 6.07) is 21.9. The summed E-state index contributed by atoms with van der Waals surface area (Å²) in [5.41, 5.74) is 2.98. The lowest BCUT2D eigenvalue weighted by Gasteiger charge is -2.17. The van der Waals surface area contributed by atoms with Gasteiger partial charge in [-0.15, -0.1) is 0 Å². The van der Waals surface area contributed by atoms with E-state index >= 15 is 0 Å². The van der Waals surface area contributed by atoms with Crippen molar-refractivity contribution in [3.8, 4) is 0 Å². The zero-order chi connectivity index (χ0) is 14.8. The first-order valence-corrected chi connectivity index (χ1v) is 8.46. The maximum Gasteiger partial charge on any atom is -0.0250 e. The summed E-state index contributed by atoms with van der Waals surface area (Å²) in [4.78, 5) is 0. The Morgan fingerprint density at radius 3 is 1.90 bits per heavy atom. The highest BCUT2D eigenvalue weighted by Gasteiger charge is 2.09. The molecule has 112 valence electrons. The molecule has 0 spiro atoms. The Hall–Kier alpha value is -1.56. The van der Waals surface area contributed by atoms with Crippen LogP contribution < -0.4 is 0 Å². The summed E-state index contributed by atoms with van der Waals surface area (Å²) in [6.07, 6.45) is 9.18. The number of aryl methyl sites for hydroxylation is 1. The van der Waals surface area contributed by atoms with Crippen molar-refractivity contribution in [1.82, 2.24) is 0 Å². The van der Waals surface area contributed by atoms with E-state index < -0.39 is 0 Å². The van der Waals surface area contributed by atoms with Crippen molar-refractivity contribution in [3.05, 3.63) is 71.8 Å². The van der Waals surface area contributed by atoms with Gasteiger partial charge in [-0.2, -0.15) is 0 Å². The topological polar surface area (TPSA) is 0 Å². The van der Waals surface area contributed by atoms with Gasteiger partial charge in [-0.25, -0.2) is 0 Å². The fraction of sp³-hybridized carbons (Fsp3) is 0.429. The van der Waals surface area contributed by atoms with Crippen LogP contribution in [0.1, 0.15) is 50.2 Å². The predicted molar refractivity (Wildman–Crippen MR) is 92.5 cm³/mol. The van der Waals surface area contributed by atoms with Crippen molar-refractivity contribution >= 4 is 0 Å². The fourth-order valence-electron chi connectivity index (χ4n) is 3.03. The number of hydrogen-bond donors (Lipinski definition) is 0. The third kappa shape index (κ3) is 6.16. The van der Waals surface area contributed by atoms with Gasteiger partial charge in [0.05, 0.1) is 0 Å². The molecule has 0 amide bonds. The van der Waals surface area contributed by atoms with Crippen LogP contribution in [0.15, 0.2) is 60.7 Å². The predicted octanol–water partition coefficient (Wildman–Crippen LogP) is 6.06. The lowest BCUT2D eigenvalue weighted by Crippen LogP contribution is -2.05. The quantitative estimate of drug-likeness (QED) is 0.524. The molecule has 0 nitrogen and oxygen atoms in total. The van der Waals surface area contributed by atoms with Crippen LogP contribution in [0.5, 0.6) is 0 Å². The highest BCUT2D eigenvalue weighted by atomic mass is 14.1. The van der Waals surface area contributed by atoms with E-state index in [-0.39, 0.29) is 0 Å². The molecule has 2 aromatic rings. The Morgan fingerprint density at radius 2 is 1.29 bits per heavy atom. The lowest BCUT2D eigenvalue weighted by molar-refractivity contribution is 0.419. The first-order valence-electron chi connectivity index (χ1n) is 8.46. The molecule has 0 saturated heterocycles.